The van der Waals surface area contributed by atoms with Crippen LogP contribution in [0.2, 0.25) is 0 Å². The topological polar surface area (TPSA) is 79.9 Å². The van der Waals surface area contributed by atoms with Gasteiger partial charge in [0.15, 0.2) is 0 Å². The minimum atomic E-state index is -0.728. The van der Waals surface area contributed by atoms with E-state index >= 15 is 0 Å². The molecule has 3 rings (SSSR count). The highest BCUT2D eigenvalue weighted by atomic mass is 16.5. The predicted octanol–water partition coefficient (Wildman–Crippen LogP) is 2.99. The van der Waals surface area contributed by atoms with Crippen LogP contribution >= 0.6 is 0 Å². The zero-order valence-corrected chi connectivity index (χ0v) is 17.6. The zero-order chi connectivity index (χ0) is 21.3. The molecule has 1 fully saturated rings. The Morgan fingerprint density at radius 2 is 1.70 bits per heavy atom. The average molecular weight is 412 g/mol. The summed E-state index contributed by atoms with van der Waals surface area (Å²) in [5.74, 6) is -0.374. The fourth-order valence-corrected chi connectivity index (χ4v) is 3.50. The van der Waals surface area contributed by atoms with Gasteiger partial charge in [0.2, 0.25) is 0 Å². The van der Waals surface area contributed by atoms with Crippen LogP contribution < -0.4 is 25.0 Å². The summed E-state index contributed by atoms with van der Waals surface area (Å²) in [5.41, 5.74) is 2.91. The number of nitrogens with zero attached hydrogens (tertiary/aromatic N) is 1. The van der Waals surface area contributed by atoms with Gasteiger partial charge < -0.3 is 25.0 Å². The van der Waals surface area contributed by atoms with Crippen LogP contribution in [-0.4, -0.2) is 45.7 Å². The molecule has 2 N–H and O–H groups in total. The molecule has 2 amide bonds. The number of anilines is 2. The molecule has 7 nitrogen and oxygen atoms in total. The number of aryl methyl sites for hydroxylation is 1. The van der Waals surface area contributed by atoms with E-state index in [0.29, 0.717) is 23.7 Å². The van der Waals surface area contributed by atoms with Gasteiger partial charge in [-0.3, -0.25) is 9.59 Å². The summed E-state index contributed by atoms with van der Waals surface area (Å²) in [6.45, 7) is 2.70. The molecule has 1 saturated heterocycles. The second-order valence-corrected chi connectivity index (χ2v) is 7.24. The van der Waals surface area contributed by atoms with Crippen molar-refractivity contribution < 1.29 is 19.1 Å². The first-order valence-electron chi connectivity index (χ1n) is 10.3. The van der Waals surface area contributed by atoms with Crippen molar-refractivity contribution in [1.29, 1.82) is 0 Å². The van der Waals surface area contributed by atoms with Crippen LogP contribution in [-0.2, 0) is 16.0 Å². The van der Waals surface area contributed by atoms with Crippen molar-refractivity contribution in [1.82, 2.24) is 5.32 Å². The van der Waals surface area contributed by atoms with Gasteiger partial charge in [-0.2, -0.15) is 0 Å². The molecule has 0 aromatic heterocycles. The van der Waals surface area contributed by atoms with Crippen molar-refractivity contribution in [3.8, 4) is 11.5 Å². The Bertz CT molecular complexity index is 861. The zero-order valence-electron chi connectivity index (χ0n) is 17.6. The van der Waals surface area contributed by atoms with Crippen molar-refractivity contribution in [2.45, 2.75) is 25.7 Å². The molecule has 7 heteroatoms. The van der Waals surface area contributed by atoms with E-state index in [1.807, 2.05) is 0 Å². The molecule has 0 bridgehead atoms. The van der Waals surface area contributed by atoms with Gasteiger partial charge in [0.1, 0.15) is 11.5 Å². The first kappa shape index (κ1) is 21.5. The maximum Gasteiger partial charge on any atom is 0.313 e. The van der Waals surface area contributed by atoms with E-state index in [9.17, 15) is 9.59 Å². The largest absolute Gasteiger partial charge is 0.497 e. The Balaban J connectivity index is 1.41. The van der Waals surface area contributed by atoms with Crippen LogP contribution in [0.15, 0.2) is 42.5 Å². The SMILES string of the molecule is COc1ccc(NC(=O)C(=O)NCCCc2ccc(N3CCCC3)cc2)c(OC)c1. The van der Waals surface area contributed by atoms with Crippen LogP contribution in [0.3, 0.4) is 0 Å². The number of methoxy groups -OCH3 is 2. The lowest BCUT2D eigenvalue weighted by Crippen LogP contribution is -2.36. The summed E-state index contributed by atoms with van der Waals surface area (Å²) in [6.07, 6.45) is 4.13. The summed E-state index contributed by atoms with van der Waals surface area (Å²) in [6, 6.07) is 13.6. The summed E-state index contributed by atoms with van der Waals surface area (Å²) >= 11 is 0. The summed E-state index contributed by atoms with van der Waals surface area (Å²) in [7, 11) is 3.03. The molecule has 0 radical (unpaired) electrons. The number of hydrogen-bond acceptors (Lipinski definition) is 5. The average Bonchev–Trinajstić information content (AvgIpc) is 3.32. The highest BCUT2D eigenvalue weighted by molar-refractivity contribution is 6.39. The van der Waals surface area contributed by atoms with Gasteiger partial charge in [0, 0.05) is 31.4 Å². The Hall–Kier alpha value is -3.22. The van der Waals surface area contributed by atoms with Gasteiger partial charge in [-0.05, 0) is 55.5 Å². The Morgan fingerprint density at radius 1 is 0.967 bits per heavy atom. The number of carbonyl (C=O) groups is 2. The maximum absolute atomic E-state index is 12.1. The first-order valence-corrected chi connectivity index (χ1v) is 10.3. The van der Waals surface area contributed by atoms with Gasteiger partial charge in [-0.1, -0.05) is 12.1 Å². The number of hydrogen-bond donors (Lipinski definition) is 2. The Labute approximate surface area is 177 Å². The minimum absolute atomic E-state index is 0.413. The number of benzene rings is 2. The van der Waals surface area contributed by atoms with E-state index < -0.39 is 11.8 Å². The number of ether oxygens (including phenoxy) is 2. The lowest BCUT2D eigenvalue weighted by molar-refractivity contribution is -0.136. The molecule has 160 valence electrons. The maximum atomic E-state index is 12.1. The van der Waals surface area contributed by atoms with E-state index in [4.69, 9.17) is 9.47 Å². The molecule has 1 heterocycles. The van der Waals surface area contributed by atoms with Crippen molar-refractivity contribution in [3.05, 3.63) is 48.0 Å². The van der Waals surface area contributed by atoms with Gasteiger partial charge in [0.05, 0.1) is 19.9 Å². The van der Waals surface area contributed by atoms with Crippen molar-refractivity contribution in [3.63, 3.8) is 0 Å². The Kier molecular flexibility index (Phi) is 7.54. The van der Waals surface area contributed by atoms with E-state index in [1.54, 1.807) is 25.3 Å². The third kappa shape index (κ3) is 5.65. The molecule has 0 spiro atoms. The molecule has 0 saturated carbocycles. The monoisotopic (exact) mass is 411 g/mol. The smallest absolute Gasteiger partial charge is 0.313 e. The van der Waals surface area contributed by atoms with Gasteiger partial charge in [0.25, 0.3) is 0 Å². The second-order valence-electron chi connectivity index (χ2n) is 7.24. The molecule has 2 aromatic rings. The van der Waals surface area contributed by atoms with E-state index in [-0.39, 0.29) is 0 Å². The molecular weight excluding hydrogens is 382 g/mol. The number of amides is 2. The third-order valence-electron chi connectivity index (χ3n) is 5.20. The lowest BCUT2D eigenvalue weighted by atomic mass is 10.1. The summed E-state index contributed by atoms with van der Waals surface area (Å²) in [4.78, 5) is 26.6. The second kappa shape index (κ2) is 10.5. The molecule has 0 aliphatic carbocycles. The molecule has 30 heavy (non-hydrogen) atoms. The molecular formula is C23H29N3O4. The van der Waals surface area contributed by atoms with Crippen LogP contribution in [0.1, 0.15) is 24.8 Å². The molecule has 2 aromatic carbocycles. The normalized spacial score (nSPS) is 13.1. The van der Waals surface area contributed by atoms with Crippen LogP contribution in [0.25, 0.3) is 0 Å². The minimum Gasteiger partial charge on any atom is -0.497 e. The summed E-state index contributed by atoms with van der Waals surface area (Å²) in [5, 5.41) is 5.23. The fourth-order valence-electron chi connectivity index (χ4n) is 3.50. The fraction of sp³-hybridized carbons (Fsp3) is 0.391. The summed E-state index contributed by atoms with van der Waals surface area (Å²) < 4.78 is 10.4. The van der Waals surface area contributed by atoms with Gasteiger partial charge >= 0.3 is 11.8 Å². The Morgan fingerprint density at radius 3 is 2.37 bits per heavy atom. The van der Waals surface area contributed by atoms with Crippen molar-refractivity contribution >= 4 is 23.2 Å². The van der Waals surface area contributed by atoms with Crippen molar-refractivity contribution in [2.24, 2.45) is 0 Å². The number of rotatable bonds is 8. The molecule has 0 unspecified atom stereocenters. The lowest BCUT2D eigenvalue weighted by Gasteiger charge is -2.17. The molecule has 0 atom stereocenters. The number of carbonyl (C=O) groups excluding carboxylic acids is 2. The molecule has 1 aliphatic rings. The standard InChI is InChI=1S/C23H29N3O4/c1-29-19-11-12-20(21(16-19)30-2)25-23(28)22(27)24-13-5-6-17-7-9-18(10-8-17)26-14-3-4-15-26/h7-12,16H,3-6,13-15H2,1-2H3,(H,24,27)(H,25,28). The van der Waals surface area contributed by atoms with E-state index in [2.05, 4.69) is 39.8 Å². The molecule has 1 aliphatic heterocycles. The quantitative estimate of drug-likeness (QED) is 0.516. The highest BCUT2D eigenvalue weighted by Crippen LogP contribution is 2.28. The third-order valence-corrected chi connectivity index (χ3v) is 5.20. The van der Waals surface area contributed by atoms with Crippen LogP contribution in [0.5, 0.6) is 11.5 Å². The van der Waals surface area contributed by atoms with Crippen LogP contribution in [0, 0.1) is 0 Å². The van der Waals surface area contributed by atoms with Crippen molar-refractivity contribution in [2.75, 3.05) is 44.1 Å². The highest BCUT2D eigenvalue weighted by Gasteiger charge is 2.16. The predicted molar refractivity (Wildman–Crippen MR) is 117 cm³/mol. The van der Waals surface area contributed by atoms with Gasteiger partial charge in [-0.25, -0.2) is 0 Å². The number of nitrogens with one attached hydrogen (secondary N) is 2. The first-order chi connectivity index (χ1) is 14.6. The van der Waals surface area contributed by atoms with E-state index in [0.717, 1.165) is 25.9 Å². The van der Waals surface area contributed by atoms with Gasteiger partial charge in [-0.15, -0.1) is 0 Å². The van der Waals surface area contributed by atoms with Crippen LogP contribution in [0.4, 0.5) is 11.4 Å². The van der Waals surface area contributed by atoms with E-state index in [1.165, 1.54) is 31.2 Å².